The highest BCUT2D eigenvalue weighted by atomic mass is 14.7. The lowest BCUT2D eigenvalue weighted by Crippen LogP contribution is -2.11. The highest BCUT2D eigenvalue weighted by Gasteiger charge is 2.15. The van der Waals surface area contributed by atoms with Crippen LogP contribution in [0.3, 0.4) is 0 Å². The van der Waals surface area contributed by atoms with E-state index in [0.717, 1.165) is 13.0 Å². The van der Waals surface area contributed by atoms with Crippen LogP contribution in [0.2, 0.25) is 0 Å². The Kier molecular flexibility index (Phi) is 5.76. The fourth-order valence-electron chi connectivity index (χ4n) is 4.30. The highest BCUT2D eigenvalue weighted by Crippen LogP contribution is 2.30. The van der Waals surface area contributed by atoms with Gasteiger partial charge in [0.15, 0.2) is 0 Å². The van der Waals surface area contributed by atoms with Crippen molar-refractivity contribution in [1.29, 1.82) is 0 Å². The lowest BCUT2D eigenvalue weighted by Gasteiger charge is -2.19. The van der Waals surface area contributed by atoms with E-state index in [1.54, 1.807) is 0 Å². The first-order valence-corrected chi connectivity index (χ1v) is 10.6. The molecule has 0 saturated heterocycles. The Morgan fingerprint density at radius 3 is 2.07 bits per heavy atom. The Morgan fingerprint density at radius 2 is 1.31 bits per heavy atom. The van der Waals surface area contributed by atoms with Gasteiger partial charge in [-0.15, -0.1) is 0 Å². The molecule has 0 aliphatic carbocycles. The molecule has 0 radical (unpaired) electrons. The van der Waals surface area contributed by atoms with E-state index in [1.165, 1.54) is 38.4 Å². The maximum atomic E-state index is 4.97. The summed E-state index contributed by atoms with van der Waals surface area (Å²) in [7, 11) is 0. The maximum Gasteiger partial charge on any atom is 0.0645 e. The quantitative estimate of drug-likeness (QED) is 0.303. The molecular weight excluding hydrogens is 350 g/mol. The van der Waals surface area contributed by atoms with E-state index in [1.807, 2.05) is 0 Å². The van der Waals surface area contributed by atoms with E-state index in [-0.39, 0.29) is 0 Å². The summed E-state index contributed by atoms with van der Waals surface area (Å²) < 4.78 is 0. The molecule has 29 heavy (non-hydrogen) atoms. The predicted octanol–water partition coefficient (Wildman–Crippen LogP) is 7.78. The molecule has 0 saturated carbocycles. The van der Waals surface area contributed by atoms with Crippen molar-refractivity contribution in [1.82, 2.24) is 0 Å². The van der Waals surface area contributed by atoms with Crippen LogP contribution in [-0.4, -0.2) is 5.71 Å². The molecule has 0 aliphatic rings. The highest BCUT2D eigenvalue weighted by molar-refractivity contribution is 5.88. The first-order valence-electron chi connectivity index (χ1n) is 10.6. The van der Waals surface area contributed by atoms with Gasteiger partial charge in [-0.25, -0.2) is 0 Å². The third-order valence-electron chi connectivity index (χ3n) is 6.15. The average Bonchev–Trinajstić information content (AvgIpc) is 2.76. The van der Waals surface area contributed by atoms with Gasteiger partial charge >= 0.3 is 0 Å². The number of aliphatic imine (C=N–C) groups is 1. The van der Waals surface area contributed by atoms with Crippen molar-refractivity contribution in [2.45, 2.75) is 39.7 Å². The van der Waals surface area contributed by atoms with Crippen LogP contribution in [0, 0.1) is 5.92 Å². The summed E-state index contributed by atoms with van der Waals surface area (Å²) in [5, 5.41) is 5.30. The molecule has 0 heterocycles. The van der Waals surface area contributed by atoms with E-state index >= 15 is 0 Å². The summed E-state index contributed by atoms with van der Waals surface area (Å²) in [4.78, 5) is 4.97. The van der Waals surface area contributed by atoms with E-state index in [0.29, 0.717) is 11.8 Å². The van der Waals surface area contributed by atoms with Crippen LogP contribution in [0.25, 0.3) is 21.5 Å². The Balaban J connectivity index is 1.49. The van der Waals surface area contributed by atoms with Crippen molar-refractivity contribution >= 4 is 27.3 Å². The Hall–Kier alpha value is -2.93. The number of hydrogen-bond acceptors (Lipinski definition) is 1. The van der Waals surface area contributed by atoms with Crippen molar-refractivity contribution in [2.24, 2.45) is 10.9 Å². The molecule has 4 aromatic carbocycles. The molecule has 146 valence electrons. The number of fused-ring (bicyclic) bond motifs is 2. The standard InChI is InChI=1S/C28H29N/c1-20(18-21(2)26-17-9-13-24-11-5-7-16-28(24)26)22(3)29-19-25-14-8-12-23-10-4-6-15-27(23)25/h4-17,20-21H,18-19H2,1-3H3. The van der Waals surface area contributed by atoms with Gasteiger partial charge in [-0.2, -0.15) is 0 Å². The fraction of sp³-hybridized carbons (Fsp3) is 0.250. The van der Waals surface area contributed by atoms with Gasteiger partial charge in [0.1, 0.15) is 0 Å². The molecule has 0 aromatic heterocycles. The summed E-state index contributed by atoms with van der Waals surface area (Å²) in [6.45, 7) is 7.59. The second-order valence-corrected chi connectivity index (χ2v) is 8.20. The smallest absolute Gasteiger partial charge is 0.0645 e. The minimum absolute atomic E-state index is 0.457. The van der Waals surface area contributed by atoms with Crippen molar-refractivity contribution in [3.63, 3.8) is 0 Å². The van der Waals surface area contributed by atoms with Gasteiger partial charge in [-0.1, -0.05) is 98.8 Å². The monoisotopic (exact) mass is 379 g/mol. The maximum absolute atomic E-state index is 4.97. The molecule has 0 bridgehead atoms. The molecule has 0 N–H and O–H groups in total. The normalized spacial score (nSPS) is 14.2. The summed E-state index contributed by atoms with van der Waals surface area (Å²) in [6, 6.07) is 30.4. The van der Waals surface area contributed by atoms with Crippen LogP contribution in [0.15, 0.2) is 89.9 Å². The SMILES string of the molecule is CC(=NCc1cccc2ccccc12)C(C)CC(C)c1cccc2ccccc12. The van der Waals surface area contributed by atoms with Crippen LogP contribution in [-0.2, 0) is 6.54 Å². The van der Waals surface area contributed by atoms with E-state index in [4.69, 9.17) is 4.99 Å². The first kappa shape index (κ1) is 19.4. The van der Waals surface area contributed by atoms with Crippen molar-refractivity contribution in [2.75, 3.05) is 0 Å². The summed E-state index contributed by atoms with van der Waals surface area (Å²) in [5.41, 5.74) is 3.98. The minimum atomic E-state index is 0.457. The van der Waals surface area contributed by atoms with Crippen molar-refractivity contribution in [3.05, 3.63) is 96.1 Å². The van der Waals surface area contributed by atoms with Crippen molar-refractivity contribution < 1.29 is 0 Å². The number of benzene rings is 4. The van der Waals surface area contributed by atoms with Gasteiger partial charge in [0.25, 0.3) is 0 Å². The molecule has 0 fully saturated rings. The lowest BCUT2D eigenvalue weighted by atomic mass is 9.86. The molecule has 4 aromatic rings. The van der Waals surface area contributed by atoms with Gasteiger partial charge in [0.2, 0.25) is 0 Å². The van der Waals surface area contributed by atoms with Crippen LogP contribution < -0.4 is 0 Å². The molecule has 2 atom stereocenters. The molecule has 2 unspecified atom stereocenters. The number of nitrogens with zero attached hydrogens (tertiary/aromatic N) is 1. The molecule has 4 rings (SSSR count). The van der Waals surface area contributed by atoms with E-state index in [9.17, 15) is 0 Å². The zero-order chi connectivity index (χ0) is 20.2. The Labute approximate surface area is 174 Å². The molecule has 0 aliphatic heterocycles. The summed E-state index contributed by atoms with van der Waals surface area (Å²) >= 11 is 0. The van der Waals surface area contributed by atoms with Crippen LogP contribution in [0.1, 0.15) is 44.2 Å². The second kappa shape index (κ2) is 8.61. The Morgan fingerprint density at radius 1 is 0.724 bits per heavy atom. The molecule has 0 spiro atoms. The number of hydrogen-bond donors (Lipinski definition) is 0. The summed E-state index contributed by atoms with van der Waals surface area (Å²) in [6.07, 6.45) is 1.11. The third kappa shape index (κ3) is 4.24. The van der Waals surface area contributed by atoms with E-state index in [2.05, 4.69) is 106 Å². The molecule has 1 heteroatoms. The second-order valence-electron chi connectivity index (χ2n) is 8.20. The fourth-order valence-corrected chi connectivity index (χ4v) is 4.30. The van der Waals surface area contributed by atoms with Crippen LogP contribution in [0.4, 0.5) is 0 Å². The largest absolute Gasteiger partial charge is 0.289 e. The summed E-state index contributed by atoms with van der Waals surface area (Å²) in [5.74, 6) is 0.956. The first-order chi connectivity index (χ1) is 14.1. The predicted molar refractivity (Wildman–Crippen MR) is 127 cm³/mol. The average molecular weight is 380 g/mol. The van der Waals surface area contributed by atoms with Crippen LogP contribution in [0.5, 0.6) is 0 Å². The lowest BCUT2D eigenvalue weighted by molar-refractivity contribution is 0.591. The van der Waals surface area contributed by atoms with Gasteiger partial charge < -0.3 is 0 Å². The van der Waals surface area contributed by atoms with E-state index < -0.39 is 0 Å². The topological polar surface area (TPSA) is 12.4 Å². The zero-order valence-corrected chi connectivity index (χ0v) is 17.6. The minimum Gasteiger partial charge on any atom is -0.289 e. The van der Waals surface area contributed by atoms with Gasteiger partial charge in [-0.3, -0.25) is 4.99 Å². The zero-order valence-electron chi connectivity index (χ0n) is 17.6. The number of rotatable bonds is 6. The van der Waals surface area contributed by atoms with Gasteiger partial charge in [0.05, 0.1) is 6.54 Å². The molecule has 1 nitrogen and oxygen atoms in total. The van der Waals surface area contributed by atoms with Gasteiger partial charge in [-0.05, 0) is 57.9 Å². The Bertz CT molecular complexity index is 1140. The van der Waals surface area contributed by atoms with Gasteiger partial charge in [0, 0.05) is 5.71 Å². The van der Waals surface area contributed by atoms with Crippen LogP contribution >= 0.6 is 0 Å². The molecule has 0 amide bonds. The molecular formula is C28H29N. The van der Waals surface area contributed by atoms with Crippen molar-refractivity contribution in [3.8, 4) is 0 Å². The third-order valence-corrected chi connectivity index (χ3v) is 6.15.